The lowest BCUT2D eigenvalue weighted by Gasteiger charge is -2.33. The van der Waals surface area contributed by atoms with Gasteiger partial charge in [0.1, 0.15) is 0 Å². The second-order valence-corrected chi connectivity index (χ2v) is 7.58. The molecule has 0 saturated carbocycles. The molecule has 5 rings (SSSR count). The van der Waals surface area contributed by atoms with Crippen LogP contribution in [0.25, 0.3) is 28.3 Å². The van der Waals surface area contributed by atoms with Gasteiger partial charge in [0.05, 0.1) is 23.4 Å². The number of benzene rings is 1. The first-order valence-corrected chi connectivity index (χ1v) is 10.3. The van der Waals surface area contributed by atoms with E-state index in [1.165, 1.54) is 0 Å². The molecule has 1 fully saturated rings. The molecule has 4 heterocycles. The van der Waals surface area contributed by atoms with Gasteiger partial charge in [-0.25, -0.2) is 14.8 Å². The number of amides is 2. The molecule has 0 radical (unpaired) electrons. The van der Waals surface area contributed by atoms with E-state index in [1.807, 2.05) is 39.8 Å². The summed E-state index contributed by atoms with van der Waals surface area (Å²) >= 11 is 6.08. The molecule has 9 nitrogen and oxygen atoms in total. The maximum absolute atomic E-state index is 11.8. The maximum atomic E-state index is 11.8. The number of halogens is 1. The van der Waals surface area contributed by atoms with Crippen LogP contribution in [0.5, 0.6) is 0 Å². The highest BCUT2D eigenvalue weighted by molar-refractivity contribution is 6.30. The number of anilines is 1. The molecule has 1 aromatic carbocycles. The van der Waals surface area contributed by atoms with E-state index in [4.69, 9.17) is 21.0 Å². The number of piperazine rings is 1. The fourth-order valence-electron chi connectivity index (χ4n) is 3.71. The van der Waals surface area contributed by atoms with Gasteiger partial charge in [-0.05, 0) is 30.3 Å². The van der Waals surface area contributed by atoms with Crippen molar-refractivity contribution in [2.45, 2.75) is 0 Å². The van der Waals surface area contributed by atoms with Gasteiger partial charge in [0.15, 0.2) is 11.6 Å². The van der Waals surface area contributed by atoms with Gasteiger partial charge in [-0.1, -0.05) is 11.6 Å². The minimum atomic E-state index is -0.0713. The second-order valence-electron chi connectivity index (χ2n) is 7.15. The van der Waals surface area contributed by atoms with E-state index in [0.717, 1.165) is 16.7 Å². The van der Waals surface area contributed by atoms with Crippen LogP contribution in [-0.2, 0) is 0 Å². The summed E-state index contributed by atoms with van der Waals surface area (Å²) in [4.78, 5) is 29.1. The summed E-state index contributed by atoms with van der Waals surface area (Å²) in [7, 11) is 1.64. The Hall–Kier alpha value is -3.59. The fourth-order valence-corrected chi connectivity index (χ4v) is 3.84. The normalized spacial score (nSPS) is 14.3. The quantitative estimate of drug-likeness (QED) is 0.529. The topological polar surface area (TPSA) is 92.3 Å². The van der Waals surface area contributed by atoms with Gasteiger partial charge in [-0.3, -0.25) is 9.55 Å². The molecule has 4 aromatic rings. The number of hydrogen-bond acceptors (Lipinski definition) is 6. The lowest BCUT2D eigenvalue weighted by Crippen LogP contribution is -2.51. The average Bonchev–Trinajstić information content (AvgIpc) is 3.44. The number of nitrogens with zero attached hydrogens (tertiary/aromatic N) is 6. The van der Waals surface area contributed by atoms with Crippen molar-refractivity contribution in [2.75, 3.05) is 38.1 Å². The fraction of sp³-hybridized carbons (Fsp3) is 0.238. The molecule has 1 N–H and O–H groups in total. The Morgan fingerprint density at radius 1 is 1.10 bits per heavy atom. The third-order valence-corrected chi connectivity index (χ3v) is 5.56. The highest BCUT2D eigenvalue weighted by Gasteiger charge is 2.25. The Labute approximate surface area is 183 Å². The van der Waals surface area contributed by atoms with E-state index < -0.39 is 0 Å². The number of oxazole rings is 1. The summed E-state index contributed by atoms with van der Waals surface area (Å²) in [6.07, 6.45) is 5.17. The van der Waals surface area contributed by atoms with Crippen molar-refractivity contribution in [1.82, 2.24) is 29.7 Å². The standard InChI is InChI=1S/C21H20ClN7O2/c1-23-20(30)27-8-10-28(11-9-27)21-25-13-18(31-21)19-26-16-6-7-24-12-17(16)29(19)15-4-2-14(22)3-5-15/h2-7,12-13H,8-11H2,1H3,(H,23,30). The summed E-state index contributed by atoms with van der Waals surface area (Å²) < 4.78 is 8.09. The first-order chi connectivity index (χ1) is 15.1. The Morgan fingerprint density at radius 3 is 2.61 bits per heavy atom. The van der Waals surface area contributed by atoms with E-state index in [1.54, 1.807) is 30.5 Å². The lowest BCUT2D eigenvalue weighted by molar-refractivity contribution is 0.195. The van der Waals surface area contributed by atoms with Crippen LogP contribution in [0.4, 0.5) is 10.8 Å². The Kier molecular flexibility index (Phi) is 4.95. The zero-order valence-electron chi connectivity index (χ0n) is 16.8. The van der Waals surface area contributed by atoms with Crippen LogP contribution < -0.4 is 10.2 Å². The molecule has 1 aliphatic rings. The molecule has 31 heavy (non-hydrogen) atoms. The lowest BCUT2D eigenvalue weighted by atomic mass is 10.3. The summed E-state index contributed by atoms with van der Waals surface area (Å²) in [6, 6.07) is 9.82. The van der Waals surface area contributed by atoms with Crippen molar-refractivity contribution in [2.24, 2.45) is 0 Å². The molecular formula is C21H20ClN7O2. The Morgan fingerprint density at radius 2 is 1.87 bits per heavy atom. The minimum absolute atomic E-state index is 0.0713. The predicted octanol–water partition coefficient (Wildman–Crippen LogP) is 3.19. The van der Waals surface area contributed by atoms with Crippen LogP contribution in [0.2, 0.25) is 5.02 Å². The Bertz CT molecular complexity index is 1230. The first kappa shape index (κ1) is 19.4. The van der Waals surface area contributed by atoms with Gasteiger partial charge in [0, 0.05) is 50.1 Å². The number of pyridine rings is 1. The number of nitrogens with one attached hydrogen (secondary N) is 1. The van der Waals surface area contributed by atoms with Gasteiger partial charge in [0.25, 0.3) is 6.01 Å². The summed E-state index contributed by atoms with van der Waals surface area (Å²) in [5, 5.41) is 3.32. The van der Waals surface area contributed by atoms with Gasteiger partial charge in [0.2, 0.25) is 0 Å². The van der Waals surface area contributed by atoms with Crippen molar-refractivity contribution in [1.29, 1.82) is 0 Å². The van der Waals surface area contributed by atoms with Crippen molar-refractivity contribution < 1.29 is 9.21 Å². The number of hydrogen-bond donors (Lipinski definition) is 1. The van der Waals surface area contributed by atoms with Crippen LogP contribution in [0.3, 0.4) is 0 Å². The number of carbonyl (C=O) groups excluding carboxylic acids is 1. The molecule has 3 aromatic heterocycles. The molecular weight excluding hydrogens is 418 g/mol. The summed E-state index contributed by atoms with van der Waals surface area (Å²) in [6.45, 7) is 2.49. The number of carbonyl (C=O) groups is 1. The second kappa shape index (κ2) is 7.92. The molecule has 0 aliphatic carbocycles. The SMILES string of the molecule is CNC(=O)N1CCN(c2ncc(-c3nc4ccncc4n3-c3ccc(Cl)cc3)o2)CC1. The molecule has 0 bridgehead atoms. The molecule has 2 amide bonds. The monoisotopic (exact) mass is 437 g/mol. The van der Waals surface area contributed by atoms with E-state index >= 15 is 0 Å². The smallest absolute Gasteiger partial charge is 0.317 e. The highest BCUT2D eigenvalue weighted by Crippen LogP contribution is 2.31. The van der Waals surface area contributed by atoms with Crippen molar-refractivity contribution in [3.63, 3.8) is 0 Å². The third-order valence-electron chi connectivity index (χ3n) is 5.31. The number of aromatic nitrogens is 4. The number of rotatable bonds is 3. The summed E-state index contributed by atoms with van der Waals surface area (Å²) in [5.41, 5.74) is 2.56. The number of fused-ring (bicyclic) bond motifs is 1. The van der Waals surface area contributed by atoms with Gasteiger partial charge in [-0.2, -0.15) is 0 Å². The molecule has 0 spiro atoms. The van der Waals surface area contributed by atoms with Crippen LogP contribution >= 0.6 is 11.6 Å². The van der Waals surface area contributed by atoms with Crippen LogP contribution in [0.1, 0.15) is 0 Å². The molecule has 1 aliphatic heterocycles. The molecule has 10 heteroatoms. The largest absolute Gasteiger partial charge is 0.420 e. The third kappa shape index (κ3) is 3.57. The zero-order chi connectivity index (χ0) is 21.4. The maximum Gasteiger partial charge on any atom is 0.317 e. The van der Waals surface area contributed by atoms with Gasteiger partial charge < -0.3 is 19.5 Å². The highest BCUT2D eigenvalue weighted by atomic mass is 35.5. The van der Waals surface area contributed by atoms with Crippen LogP contribution in [0.15, 0.2) is 53.3 Å². The van der Waals surface area contributed by atoms with Crippen molar-refractivity contribution >= 4 is 34.7 Å². The van der Waals surface area contributed by atoms with E-state index in [0.29, 0.717) is 48.8 Å². The van der Waals surface area contributed by atoms with Crippen molar-refractivity contribution in [3.05, 3.63) is 53.9 Å². The van der Waals surface area contributed by atoms with Gasteiger partial charge >= 0.3 is 6.03 Å². The van der Waals surface area contributed by atoms with Crippen LogP contribution in [-0.4, -0.2) is 63.7 Å². The molecule has 1 saturated heterocycles. The summed E-state index contributed by atoms with van der Waals surface area (Å²) in [5.74, 6) is 1.18. The predicted molar refractivity (Wildman–Crippen MR) is 118 cm³/mol. The minimum Gasteiger partial charge on any atom is -0.420 e. The van der Waals surface area contributed by atoms with E-state index in [-0.39, 0.29) is 6.03 Å². The van der Waals surface area contributed by atoms with Crippen molar-refractivity contribution in [3.8, 4) is 17.3 Å². The molecule has 0 unspecified atom stereocenters. The zero-order valence-corrected chi connectivity index (χ0v) is 17.6. The molecule has 0 atom stereocenters. The number of urea groups is 1. The Balaban J connectivity index is 1.49. The number of imidazole rings is 1. The van der Waals surface area contributed by atoms with Gasteiger partial charge in [-0.15, -0.1) is 0 Å². The molecule has 158 valence electrons. The average molecular weight is 438 g/mol. The van der Waals surface area contributed by atoms with E-state index in [9.17, 15) is 4.79 Å². The van der Waals surface area contributed by atoms with E-state index in [2.05, 4.69) is 15.3 Å². The van der Waals surface area contributed by atoms with Crippen LogP contribution in [0, 0.1) is 0 Å². The first-order valence-electron chi connectivity index (χ1n) is 9.90.